The average molecular weight is 357 g/mol. The topological polar surface area (TPSA) is 37.3 Å². The number of unbranched alkanes of at least 4 members (excludes halogenated alkanes) is 1. The zero-order valence-corrected chi connectivity index (χ0v) is 16.1. The maximum Gasteiger partial charge on any atom is 0.0812 e. The molecule has 0 radical (unpaired) electrons. The standard InChI is InChI=1S/C22H28O2S/c1-4-5-11-20(23)16-22(18(3)19-9-7-6-8-10-19)25(24)21-14-12-17(2)13-15-21/h6-10,12-16,18,20,23H,4-5,11H2,1-3H3/b22-16-/t18-,20-,25+/m1/s1. The van der Waals surface area contributed by atoms with Gasteiger partial charge in [-0.05, 0) is 37.1 Å². The number of hydrogen-bond acceptors (Lipinski definition) is 2. The van der Waals surface area contributed by atoms with Crippen LogP contribution in [0.5, 0.6) is 0 Å². The van der Waals surface area contributed by atoms with Gasteiger partial charge in [0.15, 0.2) is 0 Å². The quantitative estimate of drug-likeness (QED) is 0.693. The smallest absolute Gasteiger partial charge is 0.0812 e. The predicted molar refractivity (Wildman–Crippen MR) is 106 cm³/mol. The Hall–Kier alpha value is -1.71. The SMILES string of the molecule is CCCC[C@@H](O)/C=C(/[C@H](C)c1ccccc1)[S@@](=O)c1ccc(C)cc1. The minimum absolute atomic E-state index is 0.0142. The number of benzene rings is 2. The van der Waals surface area contributed by atoms with Crippen molar-refractivity contribution in [3.05, 3.63) is 76.7 Å². The molecule has 3 atom stereocenters. The molecule has 134 valence electrons. The van der Waals surface area contributed by atoms with Gasteiger partial charge in [-0.3, -0.25) is 0 Å². The van der Waals surface area contributed by atoms with Gasteiger partial charge in [0.1, 0.15) is 0 Å². The minimum atomic E-state index is -1.29. The van der Waals surface area contributed by atoms with Crippen LogP contribution in [0.25, 0.3) is 0 Å². The second kappa shape index (κ2) is 9.69. The molecule has 0 aliphatic heterocycles. The van der Waals surface area contributed by atoms with Crippen LogP contribution in [-0.4, -0.2) is 15.4 Å². The number of aryl methyl sites for hydroxylation is 1. The third-order valence-corrected chi connectivity index (χ3v) is 6.00. The van der Waals surface area contributed by atoms with Crippen LogP contribution in [0.15, 0.2) is 70.5 Å². The summed E-state index contributed by atoms with van der Waals surface area (Å²) in [4.78, 5) is 1.56. The molecule has 0 heterocycles. The van der Waals surface area contributed by atoms with E-state index in [1.807, 2.05) is 67.6 Å². The summed E-state index contributed by atoms with van der Waals surface area (Å²) in [6, 6.07) is 17.8. The van der Waals surface area contributed by atoms with E-state index in [-0.39, 0.29) is 5.92 Å². The van der Waals surface area contributed by atoms with Crippen molar-refractivity contribution in [3.8, 4) is 0 Å². The Kier molecular flexibility index (Phi) is 7.60. The fourth-order valence-corrected chi connectivity index (χ4v) is 4.15. The Balaban J connectivity index is 2.35. The van der Waals surface area contributed by atoms with E-state index in [1.54, 1.807) is 0 Å². The lowest BCUT2D eigenvalue weighted by Crippen LogP contribution is -2.11. The van der Waals surface area contributed by atoms with Crippen LogP contribution in [0, 0.1) is 6.92 Å². The van der Waals surface area contributed by atoms with Crippen molar-refractivity contribution in [2.45, 2.75) is 57.0 Å². The normalized spacial score (nSPS) is 15.6. The first kappa shape index (κ1) is 19.6. The molecular formula is C22H28O2S. The first-order valence-electron chi connectivity index (χ1n) is 8.96. The second-order valence-electron chi connectivity index (χ2n) is 6.49. The number of aliphatic hydroxyl groups excluding tert-OH is 1. The summed E-state index contributed by atoms with van der Waals surface area (Å²) in [7, 11) is -1.29. The lowest BCUT2D eigenvalue weighted by atomic mass is 9.99. The number of allylic oxidation sites excluding steroid dienone is 1. The molecule has 3 heteroatoms. The van der Waals surface area contributed by atoms with Crippen molar-refractivity contribution >= 4 is 10.8 Å². The lowest BCUT2D eigenvalue weighted by Gasteiger charge is -2.18. The van der Waals surface area contributed by atoms with Crippen LogP contribution in [0.3, 0.4) is 0 Å². The molecule has 0 fully saturated rings. The fourth-order valence-electron chi connectivity index (χ4n) is 2.76. The zero-order valence-electron chi connectivity index (χ0n) is 15.3. The first-order valence-corrected chi connectivity index (χ1v) is 10.1. The molecule has 0 aliphatic rings. The Labute approximate surface area is 154 Å². The molecule has 0 aliphatic carbocycles. The molecule has 2 aromatic rings. The molecule has 0 aromatic heterocycles. The van der Waals surface area contributed by atoms with Gasteiger partial charge in [-0.1, -0.05) is 74.7 Å². The first-order chi connectivity index (χ1) is 12.0. The summed E-state index contributed by atoms with van der Waals surface area (Å²) in [5.41, 5.74) is 2.25. The van der Waals surface area contributed by atoms with Gasteiger partial charge in [0, 0.05) is 15.7 Å². The predicted octanol–water partition coefficient (Wildman–Crippen LogP) is 5.34. The number of rotatable bonds is 8. The molecular weight excluding hydrogens is 328 g/mol. The van der Waals surface area contributed by atoms with Gasteiger partial charge in [-0.15, -0.1) is 0 Å². The van der Waals surface area contributed by atoms with Crippen molar-refractivity contribution in [1.82, 2.24) is 0 Å². The second-order valence-corrected chi connectivity index (χ2v) is 7.97. The molecule has 2 aromatic carbocycles. The molecule has 0 unspecified atom stereocenters. The Morgan fingerprint density at radius 3 is 2.36 bits per heavy atom. The number of aliphatic hydroxyl groups is 1. The molecule has 2 nitrogen and oxygen atoms in total. The third kappa shape index (κ3) is 5.65. The monoisotopic (exact) mass is 356 g/mol. The highest BCUT2D eigenvalue weighted by Crippen LogP contribution is 2.30. The molecule has 25 heavy (non-hydrogen) atoms. The van der Waals surface area contributed by atoms with Gasteiger partial charge in [0.05, 0.1) is 16.9 Å². The van der Waals surface area contributed by atoms with Crippen LogP contribution in [0.4, 0.5) is 0 Å². The van der Waals surface area contributed by atoms with E-state index in [0.29, 0.717) is 6.42 Å². The van der Waals surface area contributed by atoms with E-state index in [4.69, 9.17) is 0 Å². The van der Waals surface area contributed by atoms with E-state index in [0.717, 1.165) is 33.8 Å². The van der Waals surface area contributed by atoms with Crippen molar-refractivity contribution in [2.24, 2.45) is 0 Å². The van der Waals surface area contributed by atoms with E-state index < -0.39 is 16.9 Å². The van der Waals surface area contributed by atoms with E-state index >= 15 is 0 Å². The van der Waals surface area contributed by atoms with Crippen molar-refractivity contribution in [1.29, 1.82) is 0 Å². The fraction of sp³-hybridized carbons (Fsp3) is 0.364. The molecule has 0 saturated heterocycles. The maximum atomic E-state index is 13.2. The largest absolute Gasteiger partial charge is 0.389 e. The highest BCUT2D eigenvalue weighted by molar-refractivity contribution is 7.89. The summed E-state index contributed by atoms with van der Waals surface area (Å²) in [6.07, 6.45) is 3.95. The van der Waals surface area contributed by atoms with Crippen molar-refractivity contribution in [2.75, 3.05) is 0 Å². The van der Waals surface area contributed by atoms with Gasteiger partial charge in [-0.25, -0.2) is 4.21 Å². The van der Waals surface area contributed by atoms with Crippen LogP contribution >= 0.6 is 0 Å². The maximum absolute atomic E-state index is 13.2. The molecule has 0 spiro atoms. The van der Waals surface area contributed by atoms with E-state index in [1.165, 1.54) is 0 Å². The third-order valence-electron chi connectivity index (χ3n) is 4.39. The van der Waals surface area contributed by atoms with Gasteiger partial charge in [-0.2, -0.15) is 0 Å². The Bertz CT molecular complexity index is 705. The Morgan fingerprint density at radius 2 is 1.76 bits per heavy atom. The molecule has 0 amide bonds. The molecule has 1 N–H and O–H groups in total. The van der Waals surface area contributed by atoms with Crippen molar-refractivity contribution < 1.29 is 9.32 Å². The van der Waals surface area contributed by atoms with Gasteiger partial charge < -0.3 is 5.11 Å². The van der Waals surface area contributed by atoms with Crippen LogP contribution < -0.4 is 0 Å². The minimum Gasteiger partial charge on any atom is -0.389 e. The molecule has 2 rings (SSSR count). The highest BCUT2D eigenvalue weighted by Gasteiger charge is 2.20. The van der Waals surface area contributed by atoms with Gasteiger partial charge in [0.25, 0.3) is 0 Å². The zero-order chi connectivity index (χ0) is 18.2. The van der Waals surface area contributed by atoms with E-state index in [9.17, 15) is 9.32 Å². The average Bonchev–Trinajstić information content (AvgIpc) is 2.64. The Morgan fingerprint density at radius 1 is 1.12 bits per heavy atom. The van der Waals surface area contributed by atoms with Crippen LogP contribution in [-0.2, 0) is 10.8 Å². The summed E-state index contributed by atoms with van der Waals surface area (Å²) < 4.78 is 13.2. The van der Waals surface area contributed by atoms with Gasteiger partial charge >= 0.3 is 0 Å². The lowest BCUT2D eigenvalue weighted by molar-refractivity contribution is 0.208. The molecule has 0 bridgehead atoms. The van der Waals surface area contributed by atoms with E-state index in [2.05, 4.69) is 13.8 Å². The van der Waals surface area contributed by atoms with Crippen molar-refractivity contribution in [3.63, 3.8) is 0 Å². The van der Waals surface area contributed by atoms with Gasteiger partial charge in [0.2, 0.25) is 0 Å². The van der Waals surface area contributed by atoms with Crippen LogP contribution in [0.2, 0.25) is 0 Å². The summed E-state index contributed by atoms with van der Waals surface area (Å²) in [5, 5.41) is 10.4. The highest BCUT2D eigenvalue weighted by atomic mass is 32.2. The summed E-state index contributed by atoms with van der Waals surface area (Å²) >= 11 is 0. The van der Waals surface area contributed by atoms with Crippen LogP contribution in [0.1, 0.15) is 50.2 Å². The summed E-state index contributed by atoms with van der Waals surface area (Å²) in [5.74, 6) is -0.0142. The summed E-state index contributed by atoms with van der Waals surface area (Å²) in [6.45, 7) is 6.18. The number of hydrogen-bond donors (Lipinski definition) is 1. The molecule has 0 saturated carbocycles.